The molecule has 1 aliphatic carbocycles. The number of rotatable bonds is 6. The molecule has 1 saturated carbocycles. The summed E-state index contributed by atoms with van der Waals surface area (Å²) in [5, 5.41) is 13.0. The van der Waals surface area contributed by atoms with Crippen molar-refractivity contribution in [2.24, 2.45) is 11.8 Å². The Bertz CT molecular complexity index is 1620. The Morgan fingerprint density at radius 3 is 2.70 bits per heavy atom. The number of aromatic nitrogens is 5. The molecule has 1 aromatic carbocycles. The first-order valence-corrected chi connectivity index (χ1v) is 13.9. The first-order valence-electron chi connectivity index (χ1n) is 13.5. The minimum absolute atomic E-state index is 0.186. The van der Waals surface area contributed by atoms with E-state index >= 15 is 0 Å². The molecular weight excluding hydrogens is 528 g/mol. The Kier molecular flexibility index (Phi) is 7.09. The van der Waals surface area contributed by atoms with Gasteiger partial charge in [-0.2, -0.15) is 5.26 Å². The second-order valence-corrected chi connectivity index (χ2v) is 11.1. The summed E-state index contributed by atoms with van der Waals surface area (Å²) in [5.41, 5.74) is 6.73. The van der Waals surface area contributed by atoms with Gasteiger partial charge in [0.15, 0.2) is 17.6 Å². The zero-order chi connectivity index (χ0) is 27.8. The zero-order valence-electron chi connectivity index (χ0n) is 22.3. The molecule has 0 radical (unpaired) electrons. The molecule has 2 aliphatic rings. The van der Waals surface area contributed by atoms with Crippen LogP contribution < -0.4 is 10.8 Å². The second kappa shape index (κ2) is 10.8. The molecule has 4 heterocycles. The molecule has 2 fully saturated rings. The fourth-order valence-corrected chi connectivity index (χ4v) is 5.92. The number of nitrogens with one attached hydrogen (secondary N) is 2. The monoisotopic (exact) mass is 556 g/mol. The van der Waals surface area contributed by atoms with Gasteiger partial charge in [0.25, 0.3) is 0 Å². The standard InChI is InChI=1S/C29H29ClN8O2/c1-16-7-9-18(10-8-16)15-38-24-23(20-11-21(30)14-32-13-20)33-26(27-36-29(39)40-37-27)34-25(24)35-28(38)17(2)22-6-4-3-5-19(22)12-31/h3-6,11,13-14,16-18,27,37H,7-10,15H2,1-2H3,(H,36,39). The van der Waals surface area contributed by atoms with Gasteiger partial charge in [0.1, 0.15) is 17.0 Å². The number of halogens is 1. The molecule has 11 heteroatoms. The molecule has 6 rings (SSSR count). The molecule has 0 bridgehead atoms. The van der Waals surface area contributed by atoms with E-state index in [-0.39, 0.29) is 5.92 Å². The van der Waals surface area contributed by atoms with Crippen LogP contribution in [0.2, 0.25) is 5.02 Å². The third-order valence-electron chi connectivity index (χ3n) is 7.93. The summed E-state index contributed by atoms with van der Waals surface area (Å²) in [6.07, 6.45) is 6.58. The average Bonchev–Trinajstić information content (AvgIpc) is 3.57. The molecule has 4 aromatic rings. The number of carbonyl (C=O) groups excluding carboxylic acids is 1. The van der Waals surface area contributed by atoms with E-state index in [2.05, 4.69) is 40.3 Å². The van der Waals surface area contributed by atoms with Gasteiger partial charge >= 0.3 is 6.09 Å². The van der Waals surface area contributed by atoms with Crippen molar-refractivity contribution in [2.45, 2.75) is 58.2 Å². The number of imidazole rings is 1. The molecule has 10 nitrogen and oxygen atoms in total. The fraction of sp³-hybridized carbons (Fsp3) is 0.379. The van der Waals surface area contributed by atoms with Gasteiger partial charge in [0.2, 0.25) is 0 Å². The highest BCUT2D eigenvalue weighted by atomic mass is 35.5. The average molecular weight is 557 g/mol. The van der Waals surface area contributed by atoms with Gasteiger partial charge in [0, 0.05) is 30.4 Å². The van der Waals surface area contributed by atoms with Gasteiger partial charge in [-0.3, -0.25) is 10.3 Å². The van der Waals surface area contributed by atoms with Gasteiger partial charge in [-0.25, -0.2) is 19.7 Å². The first-order chi connectivity index (χ1) is 19.4. The number of fused-ring (bicyclic) bond motifs is 1. The van der Waals surface area contributed by atoms with Crippen LogP contribution in [0.5, 0.6) is 0 Å². The predicted octanol–water partition coefficient (Wildman–Crippen LogP) is 5.63. The van der Waals surface area contributed by atoms with E-state index in [0.717, 1.165) is 42.2 Å². The van der Waals surface area contributed by atoms with Crippen molar-refractivity contribution in [3.8, 4) is 17.3 Å². The highest BCUT2D eigenvalue weighted by Gasteiger charge is 2.31. The van der Waals surface area contributed by atoms with E-state index < -0.39 is 12.3 Å². The summed E-state index contributed by atoms with van der Waals surface area (Å²) in [4.78, 5) is 35.7. The van der Waals surface area contributed by atoms with Gasteiger partial charge in [0.05, 0.1) is 16.7 Å². The lowest BCUT2D eigenvalue weighted by molar-refractivity contribution is 0.120. The maximum Gasteiger partial charge on any atom is 0.427 e. The SMILES string of the molecule is CC1CCC(Cn2c(C(C)c3ccccc3C#N)nc3nc(C4NOC(=O)N4)nc(-c4cncc(Cl)c4)c32)CC1. The van der Waals surface area contributed by atoms with E-state index in [1.54, 1.807) is 12.4 Å². The number of amides is 1. The van der Waals surface area contributed by atoms with Gasteiger partial charge in [-0.15, -0.1) is 5.48 Å². The number of hydrogen-bond acceptors (Lipinski definition) is 8. The molecule has 1 saturated heterocycles. The van der Waals surface area contributed by atoms with Gasteiger partial charge in [-0.05, 0) is 42.4 Å². The van der Waals surface area contributed by atoms with Crippen LogP contribution in [0.1, 0.15) is 74.4 Å². The third-order valence-corrected chi connectivity index (χ3v) is 8.14. The molecule has 3 aromatic heterocycles. The van der Waals surface area contributed by atoms with Crippen LogP contribution in [0, 0.1) is 23.2 Å². The van der Waals surface area contributed by atoms with Crippen molar-refractivity contribution >= 4 is 28.9 Å². The molecule has 0 spiro atoms. The van der Waals surface area contributed by atoms with Crippen LogP contribution in [0.3, 0.4) is 0 Å². The van der Waals surface area contributed by atoms with Crippen LogP contribution in [-0.4, -0.2) is 30.6 Å². The molecule has 204 valence electrons. The fourth-order valence-electron chi connectivity index (χ4n) is 5.75. The summed E-state index contributed by atoms with van der Waals surface area (Å²) >= 11 is 6.36. The largest absolute Gasteiger partial charge is 0.427 e. The topological polar surface area (TPSA) is 131 Å². The molecule has 1 amide bonds. The van der Waals surface area contributed by atoms with Crippen LogP contribution in [0.15, 0.2) is 42.7 Å². The van der Waals surface area contributed by atoms with Crippen molar-refractivity contribution in [1.29, 1.82) is 5.26 Å². The maximum atomic E-state index is 11.8. The molecule has 40 heavy (non-hydrogen) atoms. The Morgan fingerprint density at radius 1 is 1.18 bits per heavy atom. The Morgan fingerprint density at radius 2 is 1.98 bits per heavy atom. The lowest BCUT2D eigenvalue weighted by atomic mass is 9.83. The van der Waals surface area contributed by atoms with E-state index in [4.69, 9.17) is 31.4 Å². The van der Waals surface area contributed by atoms with Crippen molar-refractivity contribution < 1.29 is 9.63 Å². The number of hydroxylamine groups is 1. The Hall–Kier alpha value is -4.07. The van der Waals surface area contributed by atoms with Gasteiger partial charge in [-0.1, -0.05) is 56.5 Å². The lowest BCUT2D eigenvalue weighted by Gasteiger charge is -2.28. The molecule has 2 atom stereocenters. The van der Waals surface area contributed by atoms with E-state index in [1.165, 1.54) is 12.8 Å². The van der Waals surface area contributed by atoms with E-state index in [1.807, 2.05) is 30.3 Å². The Labute approximate surface area is 236 Å². The number of carbonyl (C=O) groups is 1. The van der Waals surface area contributed by atoms with Crippen LogP contribution in [0.25, 0.3) is 22.4 Å². The van der Waals surface area contributed by atoms with E-state index in [0.29, 0.717) is 39.2 Å². The van der Waals surface area contributed by atoms with E-state index in [9.17, 15) is 10.1 Å². The third kappa shape index (κ3) is 4.98. The maximum absolute atomic E-state index is 11.8. The number of nitriles is 1. The minimum atomic E-state index is -0.743. The lowest BCUT2D eigenvalue weighted by Crippen LogP contribution is -2.25. The number of benzene rings is 1. The number of hydrogen-bond donors (Lipinski definition) is 2. The Balaban J connectivity index is 1.57. The zero-order valence-corrected chi connectivity index (χ0v) is 23.0. The van der Waals surface area contributed by atoms with Crippen molar-refractivity contribution in [3.63, 3.8) is 0 Å². The van der Waals surface area contributed by atoms with Crippen molar-refractivity contribution in [3.05, 3.63) is 70.5 Å². The summed E-state index contributed by atoms with van der Waals surface area (Å²) in [7, 11) is 0. The smallest absolute Gasteiger partial charge is 0.351 e. The molecule has 1 aliphatic heterocycles. The molecule has 2 unspecified atom stereocenters. The highest BCUT2D eigenvalue weighted by molar-refractivity contribution is 6.30. The van der Waals surface area contributed by atoms with Gasteiger partial charge < -0.3 is 9.40 Å². The van der Waals surface area contributed by atoms with Crippen molar-refractivity contribution in [1.82, 2.24) is 35.3 Å². The van der Waals surface area contributed by atoms with Crippen LogP contribution >= 0.6 is 11.6 Å². The summed E-state index contributed by atoms with van der Waals surface area (Å²) in [6, 6.07) is 11.8. The van der Waals surface area contributed by atoms with Crippen LogP contribution in [0.4, 0.5) is 4.79 Å². The van der Waals surface area contributed by atoms with Crippen LogP contribution in [-0.2, 0) is 11.4 Å². The summed E-state index contributed by atoms with van der Waals surface area (Å²) in [6.45, 7) is 5.13. The highest BCUT2D eigenvalue weighted by Crippen LogP contribution is 2.37. The first kappa shape index (κ1) is 26.2. The predicted molar refractivity (Wildman–Crippen MR) is 149 cm³/mol. The minimum Gasteiger partial charge on any atom is -0.351 e. The number of pyridine rings is 1. The summed E-state index contributed by atoms with van der Waals surface area (Å²) in [5.74, 6) is 2.13. The normalized spacial score (nSPS) is 21.6. The second-order valence-electron chi connectivity index (χ2n) is 10.7. The molecular formula is C29H29ClN8O2. The van der Waals surface area contributed by atoms with Crippen molar-refractivity contribution in [2.75, 3.05) is 0 Å². The summed E-state index contributed by atoms with van der Waals surface area (Å²) < 4.78 is 2.23. The molecule has 2 N–H and O–H groups in total. The number of nitrogens with zero attached hydrogens (tertiary/aromatic N) is 6. The quantitative estimate of drug-likeness (QED) is 0.312.